The van der Waals surface area contributed by atoms with Crippen molar-refractivity contribution in [3.8, 4) is 0 Å². The van der Waals surface area contributed by atoms with Crippen LogP contribution in [0.2, 0.25) is 5.02 Å². The molecule has 0 bridgehead atoms. The molecule has 0 aliphatic carbocycles. The predicted molar refractivity (Wildman–Crippen MR) is 78.8 cm³/mol. The number of ether oxygens (including phenoxy) is 1. The second-order valence-corrected chi connectivity index (χ2v) is 5.47. The van der Waals surface area contributed by atoms with Crippen molar-refractivity contribution in [2.75, 3.05) is 26.3 Å². The maximum atomic E-state index is 13.9. The van der Waals surface area contributed by atoms with Crippen LogP contribution >= 0.6 is 11.6 Å². The summed E-state index contributed by atoms with van der Waals surface area (Å²) in [6, 6.07) is 4.75. The summed E-state index contributed by atoms with van der Waals surface area (Å²) in [4.78, 5) is 6.66. The van der Waals surface area contributed by atoms with Crippen molar-refractivity contribution in [3.05, 3.63) is 52.8 Å². The number of hydrogen-bond donors (Lipinski definition) is 0. The molecule has 21 heavy (non-hydrogen) atoms. The molecule has 2 heterocycles. The lowest BCUT2D eigenvalue weighted by molar-refractivity contribution is 0.0326. The number of aromatic nitrogens is 2. The molecule has 3 rings (SSSR count). The van der Waals surface area contributed by atoms with Crippen LogP contribution in [0.25, 0.3) is 0 Å². The predicted octanol–water partition coefficient (Wildman–Crippen LogP) is 2.56. The SMILES string of the molecule is Fc1cccc(Cl)c1Cn1ccnc1CN1CCOCC1. The molecule has 4 nitrogen and oxygen atoms in total. The Morgan fingerprint density at radius 1 is 1.24 bits per heavy atom. The summed E-state index contributed by atoms with van der Waals surface area (Å²) in [5.41, 5.74) is 0.500. The van der Waals surface area contributed by atoms with Gasteiger partial charge in [-0.2, -0.15) is 0 Å². The van der Waals surface area contributed by atoms with Gasteiger partial charge in [-0.3, -0.25) is 4.90 Å². The number of hydrogen-bond acceptors (Lipinski definition) is 3. The van der Waals surface area contributed by atoms with Crippen LogP contribution in [0, 0.1) is 5.82 Å². The minimum Gasteiger partial charge on any atom is -0.379 e. The molecular formula is C15H17ClFN3O. The Hall–Kier alpha value is -1.43. The van der Waals surface area contributed by atoms with E-state index in [0.29, 0.717) is 17.1 Å². The third-order valence-corrected chi connectivity index (χ3v) is 4.01. The molecule has 6 heteroatoms. The average molecular weight is 310 g/mol. The zero-order chi connectivity index (χ0) is 14.7. The monoisotopic (exact) mass is 309 g/mol. The number of halogens is 2. The van der Waals surface area contributed by atoms with Gasteiger partial charge in [0.2, 0.25) is 0 Å². The molecule has 0 amide bonds. The Bertz CT molecular complexity index is 590. The molecule has 1 fully saturated rings. The highest BCUT2D eigenvalue weighted by atomic mass is 35.5. The molecule has 1 aromatic carbocycles. The molecule has 0 radical (unpaired) electrons. The Morgan fingerprint density at radius 2 is 2.05 bits per heavy atom. The normalized spacial score (nSPS) is 16.3. The summed E-state index contributed by atoms with van der Waals surface area (Å²) in [6.45, 7) is 4.42. The number of nitrogens with zero attached hydrogens (tertiary/aromatic N) is 3. The number of morpholine rings is 1. The van der Waals surface area contributed by atoms with E-state index in [4.69, 9.17) is 16.3 Å². The van der Waals surface area contributed by atoms with E-state index >= 15 is 0 Å². The van der Waals surface area contributed by atoms with Crippen LogP contribution in [-0.4, -0.2) is 40.8 Å². The van der Waals surface area contributed by atoms with E-state index in [1.165, 1.54) is 6.07 Å². The maximum Gasteiger partial charge on any atom is 0.129 e. The first-order valence-electron chi connectivity index (χ1n) is 6.97. The quantitative estimate of drug-likeness (QED) is 0.869. The van der Waals surface area contributed by atoms with Gasteiger partial charge in [0.25, 0.3) is 0 Å². The topological polar surface area (TPSA) is 30.3 Å². The standard InChI is InChI=1S/C15H17ClFN3O/c16-13-2-1-3-14(17)12(13)10-20-5-4-18-15(20)11-19-6-8-21-9-7-19/h1-5H,6-11H2. The molecular weight excluding hydrogens is 293 g/mol. The first-order chi connectivity index (χ1) is 10.2. The van der Waals surface area contributed by atoms with Crippen molar-refractivity contribution < 1.29 is 9.13 Å². The van der Waals surface area contributed by atoms with Crippen molar-refractivity contribution in [1.82, 2.24) is 14.5 Å². The van der Waals surface area contributed by atoms with Gasteiger partial charge in [0, 0.05) is 36.1 Å². The highest BCUT2D eigenvalue weighted by Gasteiger charge is 2.15. The minimum absolute atomic E-state index is 0.284. The molecule has 0 unspecified atom stereocenters. The Balaban J connectivity index is 1.76. The summed E-state index contributed by atoms with van der Waals surface area (Å²) in [7, 11) is 0. The van der Waals surface area contributed by atoms with Gasteiger partial charge in [-0.1, -0.05) is 17.7 Å². The Labute approximate surface area is 128 Å². The van der Waals surface area contributed by atoms with E-state index in [1.54, 1.807) is 18.3 Å². The molecule has 2 aromatic rings. The van der Waals surface area contributed by atoms with Crippen LogP contribution in [0.3, 0.4) is 0 Å². The molecule has 0 atom stereocenters. The lowest BCUT2D eigenvalue weighted by atomic mass is 10.2. The van der Waals surface area contributed by atoms with E-state index in [2.05, 4.69) is 9.88 Å². The van der Waals surface area contributed by atoms with Gasteiger partial charge in [-0.15, -0.1) is 0 Å². The third-order valence-electron chi connectivity index (χ3n) is 3.66. The molecule has 0 saturated carbocycles. The van der Waals surface area contributed by atoms with Crippen molar-refractivity contribution in [2.24, 2.45) is 0 Å². The molecule has 112 valence electrons. The first kappa shape index (κ1) is 14.5. The fraction of sp³-hybridized carbons (Fsp3) is 0.400. The van der Waals surface area contributed by atoms with Crippen LogP contribution in [0.4, 0.5) is 4.39 Å². The zero-order valence-electron chi connectivity index (χ0n) is 11.6. The minimum atomic E-state index is -0.284. The van der Waals surface area contributed by atoms with E-state index in [0.717, 1.165) is 38.7 Å². The fourth-order valence-electron chi connectivity index (χ4n) is 2.45. The molecule has 1 saturated heterocycles. The molecule has 1 aliphatic heterocycles. The number of rotatable bonds is 4. The highest BCUT2D eigenvalue weighted by molar-refractivity contribution is 6.31. The van der Waals surface area contributed by atoms with Crippen LogP contribution in [-0.2, 0) is 17.8 Å². The van der Waals surface area contributed by atoms with Crippen molar-refractivity contribution in [3.63, 3.8) is 0 Å². The molecule has 1 aliphatic rings. The molecule has 0 spiro atoms. The average Bonchev–Trinajstić information content (AvgIpc) is 2.91. The molecule has 0 N–H and O–H groups in total. The van der Waals surface area contributed by atoms with Gasteiger partial charge in [0.05, 0.1) is 26.3 Å². The lowest BCUT2D eigenvalue weighted by Gasteiger charge is -2.26. The second-order valence-electron chi connectivity index (χ2n) is 5.06. The molecule has 1 aromatic heterocycles. The third kappa shape index (κ3) is 3.43. The van der Waals surface area contributed by atoms with Crippen LogP contribution in [0.15, 0.2) is 30.6 Å². The van der Waals surface area contributed by atoms with Crippen molar-refractivity contribution in [2.45, 2.75) is 13.1 Å². The van der Waals surface area contributed by atoms with Gasteiger partial charge < -0.3 is 9.30 Å². The summed E-state index contributed by atoms with van der Waals surface area (Å²) in [5.74, 6) is 0.629. The first-order valence-corrected chi connectivity index (χ1v) is 7.35. The van der Waals surface area contributed by atoms with E-state index in [9.17, 15) is 4.39 Å². The Kier molecular flexibility index (Phi) is 4.53. The zero-order valence-corrected chi connectivity index (χ0v) is 12.4. The van der Waals surface area contributed by atoms with E-state index < -0.39 is 0 Å². The smallest absolute Gasteiger partial charge is 0.129 e. The highest BCUT2D eigenvalue weighted by Crippen LogP contribution is 2.20. The van der Waals surface area contributed by atoms with E-state index in [1.807, 2.05) is 10.8 Å². The largest absolute Gasteiger partial charge is 0.379 e. The van der Waals surface area contributed by atoms with Gasteiger partial charge >= 0.3 is 0 Å². The number of benzene rings is 1. The van der Waals surface area contributed by atoms with Crippen LogP contribution < -0.4 is 0 Å². The van der Waals surface area contributed by atoms with Crippen molar-refractivity contribution >= 4 is 11.6 Å². The summed E-state index contributed by atoms with van der Waals surface area (Å²) >= 11 is 6.09. The van der Waals surface area contributed by atoms with Gasteiger partial charge in [-0.25, -0.2) is 9.37 Å². The van der Waals surface area contributed by atoms with Crippen LogP contribution in [0.1, 0.15) is 11.4 Å². The van der Waals surface area contributed by atoms with Crippen molar-refractivity contribution in [1.29, 1.82) is 0 Å². The van der Waals surface area contributed by atoms with Gasteiger partial charge in [-0.05, 0) is 12.1 Å². The summed E-state index contributed by atoms with van der Waals surface area (Å²) in [5, 5.41) is 0.445. The number of imidazole rings is 1. The summed E-state index contributed by atoms with van der Waals surface area (Å²) < 4.78 is 21.2. The van der Waals surface area contributed by atoms with Gasteiger partial charge in [0.15, 0.2) is 0 Å². The van der Waals surface area contributed by atoms with Gasteiger partial charge in [0.1, 0.15) is 11.6 Å². The Morgan fingerprint density at radius 3 is 2.81 bits per heavy atom. The lowest BCUT2D eigenvalue weighted by Crippen LogP contribution is -2.36. The van der Waals surface area contributed by atoms with Crippen LogP contribution in [0.5, 0.6) is 0 Å². The second kappa shape index (κ2) is 6.56. The van der Waals surface area contributed by atoms with E-state index in [-0.39, 0.29) is 5.82 Å². The maximum absolute atomic E-state index is 13.9. The fourth-order valence-corrected chi connectivity index (χ4v) is 2.67. The summed E-state index contributed by atoms with van der Waals surface area (Å²) in [6.07, 6.45) is 3.60.